The largest absolute Gasteiger partial charge is 0.326 e. The van der Waals surface area contributed by atoms with Crippen molar-refractivity contribution in [3.63, 3.8) is 0 Å². The van der Waals surface area contributed by atoms with Crippen LogP contribution in [0.15, 0.2) is 53.4 Å². The van der Waals surface area contributed by atoms with E-state index in [-0.39, 0.29) is 17.2 Å². The highest BCUT2D eigenvalue weighted by Gasteiger charge is 2.21. The molecule has 134 valence electrons. The van der Waals surface area contributed by atoms with Gasteiger partial charge in [-0.05, 0) is 35.9 Å². The minimum Gasteiger partial charge on any atom is -0.326 e. The number of hydrogen-bond acceptors (Lipinski definition) is 3. The summed E-state index contributed by atoms with van der Waals surface area (Å²) in [6.07, 6.45) is 0.00474. The topological polar surface area (TPSA) is 66.5 Å². The zero-order valence-corrected chi connectivity index (χ0v) is 15.0. The van der Waals surface area contributed by atoms with Crippen molar-refractivity contribution in [2.75, 3.05) is 18.4 Å². The maximum Gasteiger partial charge on any atom is 0.243 e. The summed E-state index contributed by atoms with van der Waals surface area (Å²) in [6.45, 7) is 4.28. The molecule has 1 N–H and O–H groups in total. The molecule has 0 radical (unpaired) electrons. The van der Waals surface area contributed by atoms with Gasteiger partial charge < -0.3 is 5.32 Å². The van der Waals surface area contributed by atoms with E-state index in [1.54, 1.807) is 32.0 Å². The first-order chi connectivity index (χ1) is 11.9. The molecule has 0 aliphatic heterocycles. The maximum atomic E-state index is 13.2. The third-order valence-corrected chi connectivity index (χ3v) is 5.76. The van der Waals surface area contributed by atoms with E-state index in [2.05, 4.69) is 5.32 Å². The molecule has 2 aromatic rings. The molecule has 5 nitrogen and oxygen atoms in total. The summed E-state index contributed by atoms with van der Waals surface area (Å²) < 4.78 is 39.6. The summed E-state index contributed by atoms with van der Waals surface area (Å²) in [5.41, 5.74) is 0.930. The Labute approximate surface area is 147 Å². The Bertz CT molecular complexity index is 849. The van der Waals surface area contributed by atoms with Crippen LogP contribution in [0.2, 0.25) is 0 Å². The molecule has 1 amide bonds. The van der Waals surface area contributed by atoms with Crippen LogP contribution in [0.5, 0.6) is 0 Å². The molecule has 0 heterocycles. The van der Waals surface area contributed by atoms with Crippen LogP contribution in [0.3, 0.4) is 0 Å². The highest BCUT2D eigenvalue weighted by atomic mass is 32.2. The molecule has 0 aliphatic rings. The van der Waals surface area contributed by atoms with Gasteiger partial charge in [0.05, 0.1) is 11.3 Å². The second kappa shape index (κ2) is 8.22. The Morgan fingerprint density at radius 1 is 1.08 bits per heavy atom. The molecule has 0 fully saturated rings. The summed E-state index contributed by atoms with van der Waals surface area (Å²) in [4.78, 5) is 12.2. The Morgan fingerprint density at radius 3 is 2.40 bits per heavy atom. The van der Waals surface area contributed by atoms with Gasteiger partial charge in [0.25, 0.3) is 0 Å². The van der Waals surface area contributed by atoms with Crippen LogP contribution in [0, 0.1) is 5.82 Å². The third kappa shape index (κ3) is 4.87. The van der Waals surface area contributed by atoms with Crippen LogP contribution < -0.4 is 5.32 Å². The number of benzene rings is 2. The van der Waals surface area contributed by atoms with E-state index in [9.17, 15) is 17.6 Å². The predicted molar refractivity (Wildman–Crippen MR) is 95.3 cm³/mol. The molecule has 7 heteroatoms. The summed E-state index contributed by atoms with van der Waals surface area (Å²) >= 11 is 0. The van der Waals surface area contributed by atoms with Crippen molar-refractivity contribution in [2.45, 2.75) is 25.2 Å². The van der Waals surface area contributed by atoms with E-state index in [4.69, 9.17) is 0 Å². The van der Waals surface area contributed by atoms with Gasteiger partial charge in [-0.2, -0.15) is 4.31 Å². The molecule has 0 unspecified atom stereocenters. The standard InChI is InChI=1S/C18H21FN2O3S/c1-3-21(4-2)25(23,24)17-10-6-9-16(13-17)20-18(22)12-14-7-5-8-15(19)11-14/h5-11,13H,3-4,12H2,1-2H3,(H,20,22). The molecule has 0 saturated heterocycles. The number of amides is 1. The molecule has 0 saturated carbocycles. The summed E-state index contributed by atoms with van der Waals surface area (Å²) in [7, 11) is -3.59. The van der Waals surface area contributed by atoms with E-state index < -0.39 is 15.8 Å². The number of anilines is 1. The molecular weight excluding hydrogens is 343 g/mol. The fourth-order valence-electron chi connectivity index (χ4n) is 2.48. The van der Waals surface area contributed by atoms with Crippen LogP contribution in [0.4, 0.5) is 10.1 Å². The summed E-state index contributed by atoms with van der Waals surface area (Å²) in [5.74, 6) is -0.749. The fraction of sp³-hybridized carbons (Fsp3) is 0.278. The van der Waals surface area contributed by atoms with Crippen LogP contribution in [-0.4, -0.2) is 31.7 Å². The van der Waals surface area contributed by atoms with Crippen molar-refractivity contribution in [2.24, 2.45) is 0 Å². The smallest absolute Gasteiger partial charge is 0.243 e. The molecular formula is C18H21FN2O3S. The van der Waals surface area contributed by atoms with E-state index in [1.807, 2.05) is 0 Å². The van der Waals surface area contributed by atoms with Gasteiger partial charge in [-0.15, -0.1) is 0 Å². The minimum absolute atomic E-state index is 0.00474. The number of halogens is 1. The van der Waals surface area contributed by atoms with Gasteiger partial charge in [0.1, 0.15) is 5.82 Å². The van der Waals surface area contributed by atoms with Crippen molar-refractivity contribution in [3.8, 4) is 0 Å². The second-order valence-corrected chi connectivity index (χ2v) is 7.41. The lowest BCUT2D eigenvalue weighted by Gasteiger charge is -2.18. The van der Waals surface area contributed by atoms with Gasteiger partial charge in [0.15, 0.2) is 0 Å². The maximum absolute atomic E-state index is 13.2. The Morgan fingerprint density at radius 2 is 1.76 bits per heavy atom. The molecule has 2 rings (SSSR count). The average Bonchev–Trinajstić information content (AvgIpc) is 2.56. The molecule has 0 atom stereocenters. The third-order valence-electron chi connectivity index (χ3n) is 3.71. The van der Waals surface area contributed by atoms with Crippen LogP contribution in [0.1, 0.15) is 19.4 Å². The lowest BCUT2D eigenvalue weighted by molar-refractivity contribution is -0.115. The fourth-order valence-corrected chi connectivity index (χ4v) is 3.99. The van der Waals surface area contributed by atoms with Crippen molar-refractivity contribution in [1.29, 1.82) is 0 Å². The quantitative estimate of drug-likeness (QED) is 0.821. The van der Waals surface area contributed by atoms with Gasteiger partial charge >= 0.3 is 0 Å². The predicted octanol–water partition coefficient (Wildman–Crippen LogP) is 3.04. The number of nitrogens with zero attached hydrogens (tertiary/aromatic N) is 1. The second-order valence-electron chi connectivity index (χ2n) is 5.47. The molecule has 0 aliphatic carbocycles. The SMILES string of the molecule is CCN(CC)S(=O)(=O)c1cccc(NC(=O)Cc2cccc(F)c2)c1. The van der Waals surface area contributed by atoms with Crippen LogP contribution in [0.25, 0.3) is 0 Å². The van der Waals surface area contributed by atoms with Crippen molar-refractivity contribution < 1.29 is 17.6 Å². The van der Waals surface area contributed by atoms with Gasteiger partial charge in [-0.25, -0.2) is 12.8 Å². The molecule has 2 aromatic carbocycles. The van der Waals surface area contributed by atoms with Gasteiger partial charge in [0, 0.05) is 18.8 Å². The highest BCUT2D eigenvalue weighted by Crippen LogP contribution is 2.19. The summed E-state index contributed by atoms with van der Waals surface area (Å²) in [5, 5.41) is 2.65. The van der Waals surface area contributed by atoms with Crippen LogP contribution >= 0.6 is 0 Å². The lowest BCUT2D eigenvalue weighted by atomic mass is 10.1. The minimum atomic E-state index is -3.59. The first kappa shape index (κ1) is 19.1. The Kier molecular flexibility index (Phi) is 6.27. The monoisotopic (exact) mass is 364 g/mol. The first-order valence-electron chi connectivity index (χ1n) is 8.01. The Balaban J connectivity index is 2.15. The van der Waals surface area contributed by atoms with E-state index in [1.165, 1.54) is 34.6 Å². The first-order valence-corrected chi connectivity index (χ1v) is 9.45. The average molecular weight is 364 g/mol. The number of sulfonamides is 1. The lowest BCUT2D eigenvalue weighted by Crippen LogP contribution is -2.30. The van der Waals surface area contributed by atoms with E-state index in [0.717, 1.165) is 0 Å². The van der Waals surface area contributed by atoms with Crippen molar-refractivity contribution >= 4 is 21.6 Å². The normalized spacial score (nSPS) is 11.5. The Hall–Kier alpha value is -2.25. The van der Waals surface area contributed by atoms with Crippen LogP contribution in [-0.2, 0) is 21.2 Å². The van der Waals surface area contributed by atoms with Gasteiger partial charge in [-0.3, -0.25) is 4.79 Å². The number of rotatable bonds is 7. The van der Waals surface area contributed by atoms with Crippen molar-refractivity contribution in [1.82, 2.24) is 4.31 Å². The van der Waals surface area contributed by atoms with Crippen molar-refractivity contribution in [3.05, 3.63) is 59.9 Å². The van der Waals surface area contributed by atoms with Gasteiger partial charge in [-0.1, -0.05) is 32.0 Å². The summed E-state index contributed by atoms with van der Waals surface area (Å²) in [6, 6.07) is 11.9. The number of nitrogens with one attached hydrogen (secondary N) is 1. The number of hydrogen-bond donors (Lipinski definition) is 1. The molecule has 0 spiro atoms. The molecule has 25 heavy (non-hydrogen) atoms. The number of carbonyl (C=O) groups is 1. The van der Waals surface area contributed by atoms with E-state index >= 15 is 0 Å². The number of carbonyl (C=O) groups excluding carboxylic acids is 1. The molecule has 0 aromatic heterocycles. The van der Waals surface area contributed by atoms with Gasteiger partial charge in [0.2, 0.25) is 15.9 Å². The molecule has 0 bridgehead atoms. The zero-order valence-electron chi connectivity index (χ0n) is 14.2. The van der Waals surface area contributed by atoms with E-state index in [0.29, 0.717) is 24.3 Å². The zero-order chi connectivity index (χ0) is 18.4. The highest BCUT2D eigenvalue weighted by molar-refractivity contribution is 7.89.